The number of carbonyl (C=O) groups excluding carboxylic acids is 1. The topological polar surface area (TPSA) is 45.2 Å². The van der Waals surface area contributed by atoms with Crippen LogP contribution >= 0.6 is 11.3 Å². The second-order valence-corrected chi connectivity index (χ2v) is 6.98. The average Bonchev–Trinajstić information content (AvgIpc) is 2.75. The van der Waals surface area contributed by atoms with Crippen molar-refractivity contribution in [2.75, 3.05) is 13.6 Å². The molecular weight excluding hydrogens is 270 g/mol. The number of rotatable bonds is 5. The molecule has 1 N–H and O–H groups in total. The Morgan fingerprint density at radius 2 is 2.25 bits per heavy atom. The van der Waals surface area contributed by atoms with Crippen molar-refractivity contribution in [3.05, 3.63) is 15.6 Å². The molecule has 112 valence electrons. The minimum Gasteiger partial charge on any atom is -0.350 e. The molecule has 5 heteroatoms. The first-order chi connectivity index (χ1) is 9.56. The van der Waals surface area contributed by atoms with Crippen LogP contribution in [0.5, 0.6) is 0 Å². The number of likely N-dealkylation sites (tertiary alicyclic amines) is 1. The number of piperidine rings is 1. The molecule has 0 saturated carbocycles. The molecule has 1 aliphatic heterocycles. The Balaban J connectivity index is 1.70. The molecule has 1 fully saturated rings. The molecule has 4 nitrogen and oxygen atoms in total. The van der Waals surface area contributed by atoms with Crippen LogP contribution in [0.15, 0.2) is 0 Å². The van der Waals surface area contributed by atoms with Crippen LogP contribution in [0.2, 0.25) is 0 Å². The summed E-state index contributed by atoms with van der Waals surface area (Å²) >= 11 is 1.67. The highest BCUT2D eigenvalue weighted by Crippen LogP contribution is 2.19. The van der Waals surface area contributed by atoms with E-state index in [1.807, 2.05) is 6.92 Å². The number of carbonyl (C=O) groups is 1. The van der Waals surface area contributed by atoms with Crippen molar-refractivity contribution in [3.8, 4) is 0 Å². The zero-order chi connectivity index (χ0) is 14.5. The van der Waals surface area contributed by atoms with Crippen molar-refractivity contribution >= 4 is 17.2 Å². The highest BCUT2D eigenvalue weighted by atomic mass is 32.1. The Kier molecular flexibility index (Phi) is 5.54. The summed E-state index contributed by atoms with van der Waals surface area (Å²) in [6.07, 6.45) is 5.42. The molecule has 2 heterocycles. The zero-order valence-corrected chi connectivity index (χ0v) is 13.6. The van der Waals surface area contributed by atoms with E-state index in [1.165, 1.54) is 30.7 Å². The Hall–Kier alpha value is -0.940. The molecule has 1 aromatic rings. The van der Waals surface area contributed by atoms with Crippen LogP contribution < -0.4 is 5.32 Å². The second kappa shape index (κ2) is 7.18. The molecule has 1 atom stereocenters. The van der Waals surface area contributed by atoms with Gasteiger partial charge < -0.3 is 10.2 Å². The minimum atomic E-state index is 0.148. The number of aromatic nitrogens is 1. The molecular formula is C15H25N3OS. The number of thiazole rings is 1. The van der Waals surface area contributed by atoms with E-state index in [4.69, 9.17) is 0 Å². The van der Waals surface area contributed by atoms with Gasteiger partial charge in [-0.05, 0) is 46.7 Å². The van der Waals surface area contributed by atoms with Crippen molar-refractivity contribution in [2.45, 2.75) is 58.5 Å². The van der Waals surface area contributed by atoms with E-state index in [0.29, 0.717) is 19.0 Å². The van der Waals surface area contributed by atoms with Crippen molar-refractivity contribution in [1.29, 1.82) is 0 Å². The van der Waals surface area contributed by atoms with Gasteiger partial charge in [-0.2, -0.15) is 0 Å². The highest BCUT2D eigenvalue weighted by Gasteiger charge is 2.19. The van der Waals surface area contributed by atoms with E-state index in [-0.39, 0.29) is 5.91 Å². The van der Waals surface area contributed by atoms with Gasteiger partial charge in [-0.25, -0.2) is 4.98 Å². The number of hydrogen-bond acceptors (Lipinski definition) is 4. The summed E-state index contributed by atoms with van der Waals surface area (Å²) in [5.74, 6) is 0.148. The Bertz CT molecular complexity index is 438. The summed E-state index contributed by atoms with van der Waals surface area (Å²) in [6, 6.07) is 0.582. The lowest BCUT2D eigenvalue weighted by molar-refractivity contribution is -0.121. The zero-order valence-electron chi connectivity index (χ0n) is 12.7. The van der Waals surface area contributed by atoms with Crippen LogP contribution in [-0.2, 0) is 11.3 Å². The fourth-order valence-electron chi connectivity index (χ4n) is 2.68. The normalized spacial score (nSPS) is 20.1. The van der Waals surface area contributed by atoms with Crippen LogP contribution in [0.1, 0.15) is 47.7 Å². The Morgan fingerprint density at radius 1 is 1.45 bits per heavy atom. The van der Waals surface area contributed by atoms with Crippen LogP contribution in [0.25, 0.3) is 0 Å². The van der Waals surface area contributed by atoms with Gasteiger partial charge >= 0.3 is 0 Å². The highest BCUT2D eigenvalue weighted by molar-refractivity contribution is 7.11. The first kappa shape index (κ1) is 15.4. The van der Waals surface area contributed by atoms with E-state index >= 15 is 0 Å². The van der Waals surface area contributed by atoms with Crippen molar-refractivity contribution < 1.29 is 4.79 Å². The smallest absolute Gasteiger partial charge is 0.220 e. The van der Waals surface area contributed by atoms with Crippen LogP contribution in [-0.4, -0.2) is 35.4 Å². The van der Waals surface area contributed by atoms with Crippen LogP contribution in [0, 0.1) is 13.8 Å². The maximum Gasteiger partial charge on any atom is 0.220 e. The Labute approximate surface area is 125 Å². The fraction of sp³-hybridized carbons (Fsp3) is 0.733. The van der Waals surface area contributed by atoms with E-state index < -0.39 is 0 Å². The van der Waals surface area contributed by atoms with Gasteiger partial charge in [0.25, 0.3) is 0 Å². The Morgan fingerprint density at radius 3 is 2.90 bits per heavy atom. The number of aryl methyl sites for hydroxylation is 2. The third-order valence-electron chi connectivity index (χ3n) is 4.14. The lowest BCUT2D eigenvalue weighted by atomic mass is 9.98. The average molecular weight is 295 g/mol. The molecule has 0 spiro atoms. The van der Waals surface area contributed by atoms with Gasteiger partial charge in [0, 0.05) is 17.3 Å². The summed E-state index contributed by atoms with van der Waals surface area (Å²) in [5, 5.41) is 3.99. The first-order valence-electron chi connectivity index (χ1n) is 7.46. The van der Waals surface area contributed by atoms with Gasteiger partial charge in [0.2, 0.25) is 5.91 Å². The van der Waals surface area contributed by atoms with Gasteiger partial charge in [0.1, 0.15) is 5.01 Å². The molecule has 1 saturated heterocycles. The first-order valence-corrected chi connectivity index (χ1v) is 8.27. The van der Waals surface area contributed by atoms with Crippen molar-refractivity contribution in [3.63, 3.8) is 0 Å². The van der Waals surface area contributed by atoms with E-state index in [9.17, 15) is 4.79 Å². The number of amides is 1. The molecule has 0 bridgehead atoms. The largest absolute Gasteiger partial charge is 0.350 e. The fourth-order valence-corrected chi connectivity index (χ4v) is 3.56. The van der Waals surface area contributed by atoms with Gasteiger partial charge in [-0.15, -0.1) is 11.3 Å². The van der Waals surface area contributed by atoms with Crippen molar-refractivity contribution in [2.24, 2.45) is 0 Å². The summed E-state index contributed by atoms with van der Waals surface area (Å²) in [6.45, 7) is 5.82. The number of nitrogens with one attached hydrogen (secondary N) is 1. The molecule has 1 aliphatic rings. The molecule has 0 radical (unpaired) electrons. The third kappa shape index (κ3) is 4.28. The predicted molar refractivity (Wildman–Crippen MR) is 82.9 cm³/mol. The van der Waals surface area contributed by atoms with E-state index in [2.05, 4.69) is 29.2 Å². The van der Waals surface area contributed by atoms with Gasteiger partial charge in [-0.3, -0.25) is 4.79 Å². The molecule has 0 aliphatic carbocycles. The summed E-state index contributed by atoms with van der Waals surface area (Å²) in [5.41, 5.74) is 1.07. The molecule has 0 aromatic carbocycles. The van der Waals surface area contributed by atoms with Crippen LogP contribution in [0.3, 0.4) is 0 Å². The lowest BCUT2D eigenvalue weighted by Crippen LogP contribution is -2.37. The maximum atomic E-state index is 11.9. The summed E-state index contributed by atoms with van der Waals surface area (Å²) in [7, 11) is 2.17. The monoisotopic (exact) mass is 295 g/mol. The van der Waals surface area contributed by atoms with Gasteiger partial charge in [-0.1, -0.05) is 6.42 Å². The SMILES string of the molecule is Cc1nc(CNC(=O)CC[C@H]2CCCCN2C)sc1C. The quantitative estimate of drug-likeness (QED) is 0.908. The number of hydrogen-bond donors (Lipinski definition) is 1. The molecule has 1 aromatic heterocycles. The minimum absolute atomic E-state index is 0.148. The van der Waals surface area contributed by atoms with Crippen molar-refractivity contribution in [1.82, 2.24) is 15.2 Å². The lowest BCUT2D eigenvalue weighted by Gasteiger charge is -2.32. The molecule has 2 rings (SSSR count). The maximum absolute atomic E-state index is 11.9. The molecule has 0 unspecified atom stereocenters. The predicted octanol–water partition coefficient (Wildman–Crippen LogP) is 2.64. The van der Waals surface area contributed by atoms with Crippen LogP contribution in [0.4, 0.5) is 0 Å². The second-order valence-electron chi connectivity index (χ2n) is 5.69. The van der Waals surface area contributed by atoms with E-state index in [0.717, 1.165) is 17.1 Å². The standard InChI is InChI=1S/C15H25N3OS/c1-11-12(2)20-15(17-11)10-16-14(19)8-7-13-6-4-5-9-18(13)3/h13H,4-10H2,1-3H3,(H,16,19)/t13-/m1/s1. The van der Waals surface area contributed by atoms with Gasteiger partial charge in [0.05, 0.1) is 12.2 Å². The molecule has 20 heavy (non-hydrogen) atoms. The third-order valence-corrected chi connectivity index (χ3v) is 5.21. The summed E-state index contributed by atoms with van der Waals surface area (Å²) in [4.78, 5) is 20.0. The summed E-state index contributed by atoms with van der Waals surface area (Å²) < 4.78 is 0. The van der Waals surface area contributed by atoms with E-state index in [1.54, 1.807) is 11.3 Å². The number of nitrogens with zero attached hydrogens (tertiary/aromatic N) is 2. The molecule has 1 amide bonds. The van der Waals surface area contributed by atoms with Gasteiger partial charge in [0.15, 0.2) is 0 Å².